The Kier molecular flexibility index (Phi) is 3.84. The number of aromatic nitrogens is 1. The molecule has 1 aromatic rings. The smallest absolute Gasteiger partial charge is 0.150 e. The van der Waals surface area contributed by atoms with Crippen molar-refractivity contribution in [3.05, 3.63) is 17.5 Å². The summed E-state index contributed by atoms with van der Waals surface area (Å²) in [6, 6.07) is 2.47. The molecule has 0 spiro atoms. The third-order valence-corrected chi connectivity index (χ3v) is 5.15. The highest BCUT2D eigenvalue weighted by Gasteiger charge is 2.46. The largest absolute Gasteiger partial charge is 0.396 e. The van der Waals surface area contributed by atoms with Crippen LogP contribution < -0.4 is 0 Å². The van der Waals surface area contributed by atoms with E-state index in [0.717, 1.165) is 50.5 Å². The number of aliphatic hydroxyl groups is 1. The molecule has 0 amide bonds. The normalized spacial score (nSPS) is 32.2. The first-order valence-corrected chi connectivity index (χ1v) is 7.59. The lowest BCUT2D eigenvalue weighted by atomic mass is 9.69. The molecule has 0 aromatic carbocycles. The summed E-state index contributed by atoms with van der Waals surface area (Å²) in [6.45, 7) is 6.28. The predicted octanol–water partition coefficient (Wildman–Crippen LogP) is 1.26. The van der Waals surface area contributed by atoms with Crippen LogP contribution >= 0.6 is 0 Å². The van der Waals surface area contributed by atoms with E-state index in [1.165, 1.54) is 6.42 Å². The van der Waals surface area contributed by atoms with Gasteiger partial charge in [0.05, 0.1) is 18.8 Å². The minimum Gasteiger partial charge on any atom is -0.396 e. The van der Waals surface area contributed by atoms with Gasteiger partial charge in [-0.1, -0.05) is 5.16 Å². The Morgan fingerprint density at radius 1 is 1.45 bits per heavy atom. The fourth-order valence-electron chi connectivity index (χ4n) is 3.93. The quantitative estimate of drug-likeness (QED) is 0.903. The van der Waals surface area contributed by atoms with Crippen molar-refractivity contribution in [2.75, 3.05) is 33.3 Å². The van der Waals surface area contributed by atoms with Crippen molar-refractivity contribution in [3.63, 3.8) is 0 Å². The number of likely N-dealkylation sites (N-methyl/N-ethyl adjacent to an activating group) is 1. The summed E-state index contributed by atoms with van der Waals surface area (Å²) in [7, 11) is 2.19. The van der Waals surface area contributed by atoms with Gasteiger partial charge in [0.15, 0.2) is 5.76 Å². The molecule has 0 radical (unpaired) electrons. The van der Waals surface area contributed by atoms with Gasteiger partial charge in [-0.05, 0) is 46.3 Å². The summed E-state index contributed by atoms with van der Waals surface area (Å²) in [4.78, 5) is 4.86. The standard InChI is InChI=1S/C15H25N3O2/c1-12-8-13(20-16-12)9-18-7-5-15(11-19)4-3-6-17(2)14(15)10-18/h8,14,19H,3-7,9-11H2,1-2H3/t14-,15-/m1/s1. The second-order valence-corrected chi connectivity index (χ2v) is 6.54. The third kappa shape index (κ3) is 2.50. The number of hydrogen-bond donors (Lipinski definition) is 1. The van der Waals surface area contributed by atoms with Crippen molar-refractivity contribution in [2.45, 2.75) is 38.8 Å². The Bertz CT molecular complexity index is 462. The van der Waals surface area contributed by atoms with Gasteiger partial charge < -0.3 is 14.5 Å². The number of aryl methyl sites for hydroxylation is 1. The molecule has 0 unspecified atom stereocenters. The molecule has 3 heterocycles. The van der Waals surface area contributed by atoms with Crippen molar-refractivity contribution >= 4 is 0 Å². The molecule has 112 valence electrons. The molecule has 3 rings (SSSR count). The second-order valence-electron chi connectivity index (χ2n) is 6.54. The van der Waals surface area contributed by atoms with E-state index in [-0.39, 0.29) is 5.41 Å². The van der Waals surface area contributed by atoms with Crippen LogP contribution in [0.15, 0.2) is 10.6 Å². The zero-order valence-corrected chi connectivity index (χ0v) is 12.5. The van der Waals surface area contributed by atoms with Crippen LogP contribution in [-0.2, 0) is 6.54 Å². The van der Waals surface area contributed by atoms with Crippen LogP contribution in [0.2, 0.25) is 0 Å². The summed E-state index contributed by atoms with van der Waals surface area (Å²) >= 11 is 0. The predicted molar refractivity (Wildman–Crippen MR) is 76.3 cm³/mol. The summed E-state index contributed by atoms with van der Waals surface area (Å²) in [6.07, 6.45) is 3.44. The zero-order chi connectivity index (χ0) is 14.2. The number of nitrogens with zero attached hydrogens (tertiary/aromatic N) is 3. The molecule has 2 atom stereocenters. The van der Waals surface area contributed by atoms with Crippen molar-refractivity contribution < 1.29 is 9.63 Å². The van der Waals surface area contributed by atoms with E-state index < -0.39 is 0 Å². The molecule has 5 heteroatoms. The fourth-order valence-corrected chi connectivity index (χ4v) is 3.93. The number of rotatable bonds is 3. The fraction of sp³-hybridized carbons (Fsp3) is 0.800. The Morgan fingerprint density at radius 2 is 2.30 bits per heavy atom. The average Bonchev–Trinajstić information content (AvgIpc) is 2.85. The van der Waals surface area contributed by atoms with Crippen LogP contribution in [0.3, 0.4) is 0 Å². The topological polar surface area (TPSA) is 52.7 Å². The maximum absolute atomic E-state index is 9.90. The summed E-state index contributed by atoms with van der Waals surface area (Å²) < 4.78 is 5.33. The molecule has 2 fully saturated rings. The molecule has 2 aliphatic rings. The first kappa shape index (κ1) is 14.0. The molecule has 0 aliphatic carbocycles. The molecular weight excluding hydrogens is 254 g/mol. The van der Waals surface area contributed by atoms with E-state index in [1.54, 1.807) is 0 Å². The molecule has 1 N–H and O–H groups in total. The number of likely N-dealkylation sites (tertiary alicyclic amines) is 2. The highest BCUT2D eigenvalue weighted by Crippen LogP contribution is 2.41. The Hall–Kier alpha value is -0.910. The SMILES string of the molecule is Cc1cc(CN2CC[C@@]3(CO)CCCN(C)[C@@H]3C2)on1. The first-order valence-electron chi connectivity index (χ1n) is 7.59. The van der Waals surface area contributed by atoms with Crippen molar-refractivity contribution in [1.82, 2.24) is 15.0 Å². The van der Waals surface area contributed by atoms with Crippen LogP contribution in [0.5, 0.6) is 0 Å². The van der Waals surface area contributed by atoms with Crippen LogP contribution in [0.1, 0.15) is 30.7 Å². The Labute approximate surface area is 120 Å². The number of aliphatic hydroxyl groups excluding tert-OH is 1. The number of fused-ring (bicyclic) bond motifs is 1. The van der Waals surface area contributed by atoms with E-state index in [2.05, 4.69) is 22.0 Å². The highest BCUT2D eigenvalue weighted by atomic mass is 16.5. The van der Waals surface area contributed by atoms with Crippen LogP contribution in [0.25, 0.3) is 0 Å². The lowest BCUT2D eigenvalue weighted by Gasteiger charge is -2.53. The Balaban J connectivity index is 1.69. The van der Waals surface area contributed by atoms with E-state index in [4.69, 9.17) is 4.52 Å². The third-order valence-electron chi connectivity index (χ3n) is 5.15. The van der Waals surface area contributed by atoms with Gasteiger partial charge in [-0.25, -0.2) is 0 Å². The van der Waals surface area contributed by atoms with Crippen molar-refractivity contribution in [3.8, 4) is 0 Å². The first-order chi connectivity index (χ1) is 9.63. The Morgan fingerprint density at radius 3 is 3.00 bits per heavy atom. The molecule has 1 aromatic heterocycles. The van der Waals surface area contributed by atoms with Gasteiger partial charge in [-0.3, -0.25) is 4.90 Å². The molecular formula is C15H25N3O2. The van der Waals surface area contributed by atoms with Gasteiger partial charge >= 0.3 is 0 Å². The summed E-state index contributed by atoms with van der Waals surface area (Å²) in [5, 5.41) is 13.9. The number of piperidine rings is 2. The molecule has 5 nitrogen and oxygen atoms in total. The van der Waals surface area contributed by atoms with Crippen LogP contribution in [-0.4, -0.2) is 59.4 Å². The molecule has 0 saturated carbocycles. The molecule has 2 saturated heterocycles. The summed E-state index contributed by atoms with van der Waals surface area (Å²) in [5.74, 6) is 0.942. The summed E-state index contributed by atoms with van der Waals surface area (Å²) in [5.41, 5.74) is 1.05. The lowest BCUT2D eigenvalue weighted by Crippen LogP contribution is -2.61. The van der Waals surface area contributed by atoms with E-state index in [0.29, 0.717) is 12.6 Å². The van der Waals surface area contributed by atoms with Gasteiger partial charge in [0, 0.05) is 24.1 Å². The maximum atomic E-state index is 9.90. The second kappa shape index (κ2) is 5.47. The average molecular weight is 279 g/mol. The van der Waals surface area contributed by atoms with Gasteiger partial charge in [0.1, 0.15) is 0 Å². The van der Waals surface area contributed by atoms with Crippen LogP contribution in [0, 0.1) is 12.3 Å². The molecule has 0 bridgehead atoms. The van der Waals surface area contributed by atoms with Gasteiger partial charge in [0.25, 0.3) is 0 Å². The number of hydrogen-bond acceptors (Lipinski definition) is 5. The minimum absolute atomic E-state index is 0.112. The maximum Gasteiger partial charge on any atom is 0.150 e. The minimum atomic E-state index is 0.112. The van der Waals surface area contributed by atoms with E-state index >= 15 is 0 Å². The van der Waals surface area contributed by atoms with Crippen molar-refractivity contribution in [1.29, 1.82) is 0 Å². The van der Waals surface area contributed by atoms with Crippen molar-refractivity contribution in [2.24, 2.45) is 5.41 Å². The van der Waals surface area contributed by atoms with Gasteiger partial charge in [-0.2, -0.15) is 0 Å². The van der Waals surface area contributed by atoms with Crippen LogP contribution in [0.4, 0.5) is 0 Å². The monoisotopic (exact) mass is 279 g/mol. The van der Waals surface area contributed by atoms with E-state index in [9.17, 15) is 5.11 Å². The van der Waals surface area contributed by atoms with Gasteiger partial charge in [-0.15, -0.1) is 0 Å². The molecule has 2 aliphatic heterocycles. The molecule has 20 heavy (non-hydrogen) atoms. The van der Waals surface area contributed by atoms with E-state index in [1.807, 2.05) is 13.0 Å². The highest BCUT2D eigenvalue weighted by molar-refractivity contribution is 5.05. The zero-order valence-electron chi connectivity index (χ0n) is 12.5. The van der Waals surface area contributed by atoms with Gasteiger partial charge in [0.2, 0.25) is 0 Å². The lowest BCUT2D eigenvalue weighted by molar-refractivity contribution is -0.0696.